The highest BCUT2D eigenvalue weighted by Gasteiger charge is 2.30. The van der Waals surface area contributed by atoms with E-state index in [9.17, 15) is 18.0 Å². The van der Waals surface area contributed by atoms with Crippen molar-refractivity contribution in [1.29, 1.82) is 0 Å². The number of hydrogen-bond donors (Lipinski definition) is 1. The summed E-state index contributed by atoms with van der Waals surface area (Å²) in [5.74, 6) is 0.483. The second-order valence-corrected chi connectivity index (χ2v) is 6.83. The highest BCUT2D eigenvalue weighted by atomic mass is 19.4. The van der Waals surface area contributed by atoms with Crippen LogP contribution in [-0.4, -0.2) is 57.2 Å². The molecule has 1 saturated heterocycles. The van der Waals surface area contributed by atoms with Crippen LogP contribution >= 0.6 is 0 Å². The molecule has 1 aliphatic rings. The van der Waals surface area contributed by atoms with E-state index in [1.54, 1.807) is 7.11 Å². The van der Waals surface area contributed by atoms with Crippen molar-refractivity contribution < 1.29 is 22.7 Å². The van der Waals surface area contributed by atoms with Crippen molar-refractivity contribution in [3.8, 4) is 5.75 Å². The van der Waals surface area contributed by atoms with Gasteiger partial charge in [0.05, 0.1) is 18.4 Å². The Bertz CT molecular complexity index is 817. The Balaban J connectivity index is 1.43. The smallest absolute Gasteiger partial charge is 0.416 e. The normalized spacial score (nSPS) is 15.2. The SMILES string of the molecule is COc1ccccc1N1CCN(CCNC(=O)c2ccc(C(F)(F)F)cc2)CC1. The Labute approximate surface area is 168 Å². The van der Waals surface area contributed by atoms with E-state index < -0.39 is 11.7 Å². The number of methoxy groups -OCH3 is 1. The predicted octanol–water partition coefficient (Wildman–Crippen LogP) is 3.27. The molecule has 1 fully saturated rings. The number of carbonyl (C=O) groups is 1. The molecular formula is C21H24F3N3O2. The first kappa shape index (κ1) is 21.0. The summed E-state index contributed by atoms with van der Waals surface area (Å²) in [4.78, 5) is 16.6. The van der Waals surface area contributed by atoms with Gasteiger partial charge in [0.1, 0.15) is 5.75 Å². The van der Waals surface area contributed by atoms with Crippen LogP contribution in [-0.2, 0) is 6.18 Å². The van der Waals surface area contributed by atoms with Crippen molar-refractivity contribution in [2.45, 2.75) is 6.18 Å². The Morgan fingerprint density at radius 2 is 1.69 bits per heavy atom. The zero-order valence-corrected chi connectivity index (χ0v) is 16.2. The van der Waals surface area contributed by atoms with Gasteiger partial charge in [-0.2, -0.15) is 13.2 Å². The fourth-order valence-corrected chi connectivity index (χ4v) is 3.34. The van der Waals surface area contributed by atoms with Gasteiger partial charge in [-0.25, -0.2) is 0 Å². The standard InChI is InChI=1S/C21H24F3N3O2/c1-29-19-5-3-2-4-18(19)27-14-12-26(13-15-27)11-10-25-20(28)16-6-8-17(9-7-16)21(22,23)24/h2-9H,10-15H2,1H3,(H,25,28). The zero-order valence-electron chi connectivity index (χ0n) is 16.2. The van der Waals surface area contributed by atoms with Gasteiger partial charge in [0.2, 0.25) is 0 Å². The minimum Gasteiger partial charge on any atom is -0.495 e. The van der Waals surface area contributed by atoms with Crippen LogP contribution in [0.5, 0.6) is 5.75 Å². The maximum absolute atomic E-state index is 12.6. The van der Waals surface area contributed by atoms with Gasteiger partial charge in [-0.15, -0.1) is 0 Å². The summed E-state index contributed by atoms with van der Waals surface area (Å²) in [5.41, 5.74) is 0.534. The third kappa shape index (κ3) is 5.41. The summed E-state index contributed by atoms with van der Waals surface area (Å²) in [6.45, 7) is 4.55. The molecule has 0 aromatic heterocycles. The number of benzene rings is 2. The number of hydrogen-bond acceptors (Lipinski definition) is 4. The van der Waals surface area contributed by atoms with E-state index in [4.69, 9.17) is 4.74 Å². The number of rotatable bonds is 6. The molecule has 2 aromatic rings. The molecule has 1 N–H and O–H groups in total. The van der Waals surface area contributed by atoms with Gasteiger partial charge in [0, 0.05) is 44.8 Å². The molecule has 156 valence electrons. The molecule has 0 saturated carbocycles. The van der Waals surface area contributed by atoms with Crippen molar-refractivity contribution in [1.82, 2.24) is 10.2 Å². The van der Waals surface area contributed by atoms with Crippen molar-refractivity contribution in [3.63, 3.8) is 0 Å². The van der Waals surface area contributed by atoms with Crippen LogP contribution in [0.3, 0.4) is 0 Å². The maximum atomic E-state index is 12.6. The van der Waals surface area contributed by atoms with Gasteiger partial charge in [-0.3, -0.25) is 9.69 Å². The Morgan fingerprint density at radius 1 is 1.03 bits per heavy atom. The first-order valence-electron chi connectivity index (χ1n) is 9.44. The van der Waals surface area contributed by atoms with Crippen molar-refractivity contribution >= 4 is 11.6 Å². The highest BCUT2D eigenvalue weighted by Crippen LogP contribution is 2.29. The first-order chi connectivity index (χ1) is 13.9. The van der Waals surface area contributed by atoms with Gasteiger partial charge >= 0.3 is 6.18 Å². The van der Waals surface area contributed by atoms with Crippen molar-refractivity contribution in [2.24, 2.45) is 0 Å². The summed E-state index contributed by atoms with van der Waals surface area (Å²) in [7, 11) is 1.66. The number of ether oxygens (including phenoxy) is 1. The van der Waals surface area contributed by atoms with Crippen LogP contribution < -0.4 is 15.0 Å². The van der Waals surface area contributed by atoms with E-state index >= 15 is 0 Å². The third-order valence-electron chi connectivity index (χ3n) is 4.99. The van der Waals surface area contributed by atoms with Gasteiger partial charge < -0.3 is 15.0 Å². The predicted molar refractivity (Wildman–Crippen MR) is 105 cm³/mol. The average molecular weight is 407 g/mol. The number of carbonyl (C=O) groups excluding carboxylic acids is 1. The van der Waals surface area contributed by atoms with Crippen LogP contribution in [0, 0.1) is 0 Å². The lowest BCUT2D eigenvalue weighted by atomic mass is 10.1. The Kier molecular flexibility index (Phi) is 6.64. The average Bonchev–Trinajstić information content (AvgIpc) is 2.73. The van der Waals surface area contributed by atoms with Gasteiger partial charge in [-0.05, 0) is 36.4 Å². The molecule has 0 atom stereocenters. The molecule has 1 aliphatic heterocycles. The number of anilines is 1. The number of nitrogens with zero attached hydrogens (tertiary/aromatic N) is 2. The molecule has 2 aromatic carbocycles. The fourth-order valence-electron chi connectivity index (χ4n) is 3.34. The van der Waals surface area contributed by atoms with E-state index in [0.717, 1.165) is 49.7 Å². The molecule has 0 radical (unpaired) electrons. The van der Waals surface area contributed by atoms with Gasteiger partial charge in [0.25, 0.3) is 5.91 Å². The summed E-state index contributed by atoms with van der Waals surface area (Å²) in [6.07, 6.45) is -4.40. The van der Waals surface area contributed by atoms with E-state index in [0.29, 0.717) is 13.1 Å². The zero-order chi connectivity index (χ0) is 20.9. The van der Waals surface area contributed by atoms with Crippen LogP contribution in [0.15, 0.2) is 48.5 Å². The van der Waals surface area contributed by atoms with E-state index in [1.165, 1.54) is 12.1 Å². The largest absolute Gasteiger partial charge is 0.495 e. The molecule has 29 heavy (non-hydrogen) atoms. The topological polar surface area (TPSA) is 44.8 Å². The van der Waals surface area contributed by atoms with Crippen LogP contribution in [0.2, 0.25) is 0 Å². The quantitative estimate of drug-likeness (QED) is 0.799. The van der Waals surface area contributed by atoms with Crippen LogP contribution in [0.1, 0.15) is 15.9 Å². The molecule has 0 aliphatic carbocycles. The Morgan fingerprint density at radius 3 is 2.31 bits per heavy atom. The van der Waals surface area contributed by atoms with Gasteiger partial charge in [-0.1, -0.05) is 12.1 Å². The number of alkyl halides is 3. The minimum atomic E-state index is -4.40. The summed E-state index contributed by atoms with van der Waals surface area (Å²) >= 11 is 0. The van der Waals surface area contributed by atoms with Crippen LogP contribution in [0.25, 0.3) is 0 Å². The van der Waals surface area contributed by atoms with Gasteiger partial charge in [0.15, 0.2) is 0 Å². The van der Waals surface area contributed by atoms with Crippen LogP contribution in [0.4, 0.5) is 18.9 Å². The summed E-state index contributed by atoms with van der Waals surface area (Å²) in [5, 5.41) is 2.77. The molecule has 0 spiro atoms. The lowest BCUT2D eigenvalue weighted by molar-refractivity contribution is -0.137. The minimum absolute atomic E-state index is 0.221. The van der Waals surface area contributed by atoms with Crippen molar-refractivity contribution in [3.05, 3.63) is 59.7 Å². The molecule has 5 nitrogen and oxygen atoms in total. The van der Waals surface area contributed by atoms with E-state index in [-0.39, 0.29) is 11.5 Å². The molecule has 0 unspecified atom stereocenters. The molecule has 0 bridgehead atoms. The number of piperazine rings is 1. The van der Waals surface area contributed by atoms with E-state index in [2.05, 4.69) is 15.1 Å². The first-order valence-corrected chi connectivity index (χ1v) is 9.44. The summed E-state index contributed by atoms with van der Waals surface area (Å²) < 4.78 is 43.2. The molecule has 3 rings (SSSR count). The maximum Gasteiger partial charge on any atom is 0.416 e. The number of nitrogens with one attached hydrogen (secondary N) is 1. The number of halogens is 3. The third-order valence-corrected chi connectivity index (χ3v) is 4.99. The highest BCUT2D eigenvalue weighted by molar-refractivity contribution is 5.94. The lowest BCUT2D eigenvalue weighted by Gasteiger charge is -2.36. The molecule has 1 amide bonds. The Hall–Kier alpha value is -2.74. The number of para-hydroxylation sites is 2. The summed E-state index contributed by atoms with van der Waals surface area (Å²) in [6, 6.07) is 12.2. The molecular weight excluding hydrogens is 383 g/mol. The second-order valence-electron chi connectivity index (χ2n) is 6.83. The lowest BCUT2D eigenvalue weighted by Crippen LogP contribution is -2.48. The number of amides is 1. The molecule has 8 heteroatoms. The fraction of sp³-hybridized carbons (Fsp3) is 0.381. The molecule has 1 heterocycles. The van der Waals surface area contributed by atoms with Crippen molar-refractivity contribution in [2.75, 3.05) is 51.3 Å². The monoisotopic (exact) mass is 407 g/mol. The van der Waals surface area contributed by atoms with E-state index in [1.807, 2.05) is 24.3 Å². The second kappa shape index (κ2) is 9.17.